The maximum absolute atomic E-state index is 5.54. The van der Waals surface area contributed by atoms with Gasteiger partial charge in [-0.1, -0.05) is 0 Å². The summed E-state index contributed by atoms with van der Waals surface area (Å²) in [6, 6.07) is 16.9. The smallest absolute Gasteiger partial charge is 0.120 e. The number of nitrogens with zero attached hydrogens (tertiary/aromatic N) is 4. The molecule has 0 N–H and O–H groups in total. The number of rotatable bonds is 7. The molecule has 4 aromatic heterocycles. The molecule has 182 valence electrons. The fourth-order valence-corrected chi connectivity index (χ4v) is 5.66. The Hall–Kier alpha value is -4.06. The van der Waals surface area contributed by atoms with Crippen molar-refractivity contribution in [3.63, 3.8) is 0 Å². The van der Waals surface area contributed by atoms with Crippen molar-refractivity contribution in [3.05, 3.63) is 72.3 Å². The van der Waals surface area contributed by atoms with Gasteiger partial charge in [-0.25, -0.2) is 0 Å². The highest BCUT2D eigenvalue weighted by atomic mass is 16.5. The van der Waals surface area contributed by atoms with Crippen LogP contribution >= 0.6 is 0 Å². The minimum Gasteiger partial charge on any atom is -0.497 e. The van der Waals surface area contributed by atoms with Crippen LogP contribution in [0, 0.1) is 13.8 Å². The van der Waals surface area contributed by atoms with E-state index in [0.29, 0.717) is 0 Å². The van der Waals surface area contributed by atoms with Crippen molar-refractivity contribution in [1.29, 1.82) is 0 Å². The Balaban J connectivity index is 1.35. The predicted octanol–water partition coefficient (Wildman–Crippen LogP) is 6.81. The molecule has 0 spiro atoms. The van der Waals surface area contributed by atoms with E-state index < -0.39 is 0 Å². The lowest BCUT2D eigenvalue weighted by Gasteiger charge is -2.12. The van der Waals surface area contributed by atoms with Gasteiger partial charge in [0, 0.05) is 59.2 Å². The van der Waals surface area contributed by atoms with Crippen molar-refractivity contribution in [3.8, 4) is 11.5 Å². The number of aryl methyl sites for hydroxylation is 4. The van der Waals surface area contributed by atoms with Crippen LogP contribution in [0.5, 0.6) is 11.5 Å². The Morgan fingerprint density at radius 3 is 1.47 bits per heavy atom. The van der Waals surface area contributed by atoms with E-state index >= 15 is 0 Å². The van der Waals surface area contributed by atoms with Gasteiger partial charge in [0.15, 0.2) is 0 Å². The van der Waals surface area contributed by atoms with Crippen LogP contribution in [0.25, 0.3) is 43.6 Å². The van der Waals surface area contributed by atoms with Gasteiger partial charge < -0.3 is 18.6 Å². The van der Waals surface area contributed by atoms with E-state index in [9.17, 15) is 0 Å². The first-order chi connectivity index (χ1) is 17.6. The fourth-order valence-electron chi connectivity index (χ4n) is 5.66. The molecule has 0 saturated heterocycles. The Morgan fingerprint density at radius 1 is 0.611 bits per heavy atom. The summed E-state index contributed by atoms with van der Waals surface area (Å²) in [5.41, 5.74) is 6.92. The Bertz CT molecular complexity index is 1620. The molecule has 0 fully saturated rings. The van der Waals surface area contributed by atoms with E-state index in [4.69, 9.17) is 9.47 Å². The molecule has 0 amide bonds. The molecule has 6 rings (SSSR count). The number of hydrogen-bond donors (Lipinski definition) is 0. The summed E-state index contributed by atoms with van der Waals surface area (Å²) in [5.74, 6) is 1.75. The van der Waals surface area contributed by atoms with Crippen LogP contribution in [0.15, 0.2) is 60.9 Å². The van der Waals surface area contributed by atoms with E-state index in [1.807, 2.05) is 24.5 Å². The van der Waals surface area contributed by atoms with Crippen molar-refractivity contribution in [2.75, 3.05) is 14.2 Å². The summed E-state index contributed by atoms with van der Waals surface area (Å²) >= 11 is 0. The van der Waals surface area contributed by atoms with Gasteiger partial charge in [0.05, 0.1) is 47.7 Å². The zero-order valence-electron chi connectivity index (χ0n) is 21.2. The molecule has 0 aliphatic rings. The van der Waals surface area contributed by atoms with Gasteiger partial charge in [-0.3, -0.25) is 9.97 Å². The second-order valence-electron chi connectivity index (χ2n) is 9.36. The first kappa shape index (κ1) is 22.4. The molecular weight excluding hydrogens is 448 g/mol. The molecule has 0 unspecified atom stereocenters. The van der Waals surface area contributed by atoms with Crippen LogP contribution in [0.4, 0.5) is 0 Å². The molecule has 0 bridgehead atoms. The fraction of sp³-hybridized carbons (Fsp3) is 0.267. The average molecular weight is 479 g/mol. The lowest BCUT2D eigenvalue weighted by molar-refractivity contribution is 0.415. The number of unbranched alkanes of at least 4 members (excludes halogenated alkanes) is 1. The maximum atomic E-state index is 5.54. The third-order valence-electron chi connectivity index (χ3n) is 7.34. The van der Waals surface area contributed by atoms with Crippen LogP contribution in [0.2, 0.25) is 0 Å². The summed E-state index contributed by atoms with van der Waals surface area (Å²) in [7, 11) is 3.44. The number of hydrogen-bond acceptors (Lipinski definition) is 4. The van der Waals surface area contributed by atoms with E-state index in [-0.39, 0.29) is 0 Å². The van der Waals surface area contributed by atoms with Gasteiger partial charge in [0.25, 0.3) is 0 Å². The molecule has 0 radical (unpaired) electrons. The van der Waals surface area contributed by atoms with Crippen molar-refractivity contribution < 1.29 is 9.47 Å². The quantitative estimate of drug-likeness (QED) is 0.237. The highest BCUT2D eigenvalue weighted by Gasteiger charge is 2.16. The van der Waals surface area contributed by atoms with E-state index in [0.717, 1.165) is 48.8 Å². The van der Waals surface area contributed by atoms with E-state index in [1.54, 1.807) is 14.2 Å². The summed E-state index contributed by atoms with van der Waals surface area (Å²) in [4.78, 5) is 9.19. The molecule has 2 aromatic carbocycles. The van der Waals surface area contributed by atoms with Crippen LogP contribution in [-0.2, 0) is 13.1 Å². The number of aromatic nitrogens is 4. The molecule has 36 heavy (non-hydrogen) atoms. The van der Waals surface area contributed by atoms with Crippen LogP contribution in [0.1, 0.15) is 24.2 Å². The van der Waals surface area contributed by atoms with Crippen LogP contribution in [0.3, 0.4) is 0 Å². The van der Waals surface area contributed by atoms with Crippen molar-refractivity contribution >= 4 is 43.6 Å². The first-order valence-corrected chi connectivity index (χ1v) is 12.4. The van der Waals surface area contributed by atoms with Crippen LogP contribution in [-0.4, -0.2) is 33.3 Å². The van der Waals surface area contributed by atoms with Gasteiger partial charge in [-0.2, -0.15) is 0 Å². The minimum absolute atomic E-state index is 0.874. The highest BCUT2D eigenvalue weighted by Crippen LogP contribution is 2.34. The Morgan fingerprint density at radius 2 is 1.06 bits per heavy atom. The maximum Gasteiger partial charge on any atom is 0.120 e. The third-order valence-corrected chi connectivity index (χ3v) is 7.34. The van der Waals surface area contributed by atoms with Gasteiger partial charge in [0.1, 0.15) is 11.5 Å². The largest absolute Gasteiger partial charge is 0.497 e. The summed E-state index contributed by atoms with van der Waals surface area (Å²) < 4.78 is 15.9. The summed E-state index contributed by atoms with van der Waals surface area (Å²) in [5, 5.41) is 4.98. The highest BCUT2D eigenvalue weighted by molar-refractivity contribution is 6.09. The standard InChI is InChI=1S/C30H30N4O2/c1-19-29-25(11-13-31-19)23-9-7-21(35-3)17-27(23)33(29)15-5-6-16-34-28-18-22(36-4)8-10-24(28)26-12-14-32-20(2)30(26)34/h7-14,17-18H,5-6,15-16H2,1-4H3. The summed E-state index contributed by atoms with van der Waals surface area (Å²) in [6.07, 6.45) is 5.88. The first-order valence-electron chi connectivity index (χ1n) is 12.4. The number of benzene rings is 2. The zero-order valence-corrected chi connectivity index (χ0v) is 21.2. The van der Waals surface area contributed by atoms with E-state index in [2.05, 4.69) is 69.3 Å². The molecule has 6 aromatic rings. The second-order valence-corrected chi connectivity index (χ2v) is 9.36. The SMILES string of the molecule is COc1ccc2c3ccnc(C)c3n(CCCCn3c4cc(OC)ccc4c4ccnc(C)c43)c2c1. The lowest BCUT2D eigenvalue weighted by Crippen LogP contribution is -2.04. The molecule has 0 atom stereocenters. The molecule has 6 heteroatoms. The number of pyridine rings is 2. The van der Waals surface area contributed by atoms with Gasteiger partial charge in [0.2, 0.25) is 0 Å². The molecule has 4 heterocycles. The van der Waals surface area contributed by atoms with Gasteiger partial charge in [-0.15, -0.1) is 0 Å². The predicted molar refractivity (Wildman–Crippen MR) is 146 cm³/mol. The van der Waals surface area contributed by atoms with Gasteiger partial charge >= 0.3 is 0 Å². The molecule has 0 aliphatic heterocycles. The zero-order chi connectivity index (χ0) is 24.8. The van der Waals surface area contributed by atoms with E-state index in [1.165, 1.54) is 43.6 Å². The monoisotopic (exact) mass is 478 g/mol. The average Bonchev–Trinajstić information content (AvgIpc) is 3.40. The van der Waals surface area contributed by atoms with Crippen LogP contribution < -0.4 is 9.47 Å². The lowest BCUT2D eigenvalue weighted by atomic mass is 10.1. The molecular formula is C30H30N4O2. The molecule has 6 nitrogen and oxygen atoms in total. The number of methoxy groups -OCH3 is 2. The minimum atomic E-state index is 0.874. The topological polar surface area (TPSA) is 54.1 Å². The van der Waals surface area contributed by atoms with Crippen molar-refractivity contribution in [2.24, 2.45) is 0 Å². The van der Waals surface area contributed by atoms with Crippen molar-refractivity contribution in [1.82, 2.24) is 19.1 Å². The van der Waals surface area contributed by atoms with Crippen molar-refractivity contribution in [2.45, 2.75) is 39.8 Å². The normalized spacial score (nSPS) is 11.8. The van der Waals surface area contributed by atoms with Gasteiger partial charge in [-0.05, 0) is 63.1 Å². The number of fused-ring (bicyclic) bond motifs is 6. The summed E-state index contributed by atoms with van der Waals surface area (Å²) in [6.45, 7) is 6.02. The Labute approximate surface area is 210 Å². The molecule has 0 saturated carbocycles. The second kappa shape index (κ2) is 8.86. The number of ether oxygens (including phenoxy) is 2. The Kier molecular flexibility index (Phi) is 5.52. The molecule has 0 aliphatic carbocycles. The third kappa shape index (κ3) is 3.48.